The molecule has 7 nitrogen and oxygen atoms in total. The van der Waals surface area contributed by atoms with Crippen LogP contribution in [-0.2, 0) is 34.8 Å². The van der Waals surface area contributed by atoms with Crippen molar-refractivity contribution in [1.82, 2.24) is 9.55 Å². The second-order valence-electron chi connectivity index (χ2n) is 8.62. The molecule has 3 aromatic rings. The van der Waals surface area contributed by atoms with E-state index in [2.05, 4.69) is 9.83 Å². The molecule has 0 fully saturated rings. The molecule has 0 bridgehead atoms. The largest absolute Gasteiger partial charge is 0.481 e. The highest BCUT2D eigenvalue weighted by atomic mass is 32.2. The Kier molecular flexibility index (Phi) is 8.72. The third-order valence-electron chi connectivity index (χ3n) is 5.80. The van der Waals surface area contributed by atoms with E-state index in [4.69, 9.17) is 11.7 Å². The summed E-state index contributed by atoms with van der Waals surface area (Å²) < 4.78 is 14.3. The highest BCUT2D eigenvalue weighted by Crippen LogP contribution is 2.30. The van der Waals surface area contributed by atoms with E-state index in [1.807, 2.05) is 41.9 Å². The van der Waals surface area contributed by atoms with Crippen molar-refractivity contribution in [2.75, 3.05) is 5.75 Å². The van der Waals surface area contributed by atoms with Gasteiger partial charge in [0.05, 0.1) is 6.57 Å². The summed E-state index contributed by atoms with van der Waals surface area (Å²) in [5.41, 5.74) is 3.39. The maximum absolute atomic E-state index is 13.3. The number of ketones is 1. The SMILES string of the molecule is [C-]#[N+]c1cnc2c(c1)c(C(=O)CC(C)CC(=O)O)c(CCCCS(=O)Cc1ccccc1)n2C. The lowest BCUT2D eigenvalue weighted by molar-refractivity contribution is -0.137. The number of carboxylic acid groups (broad SMARTS) is 1. The van der Waals surface area contributed by atoms with Gasteiger partial charge in [0, 0.05) is 65.0 Å². The summed E-state index contributed by atoms with van der Waals surface area (Å²) in [6.07, 6.45) is 3.65. The first-order chi connectivity index (χ1) is 16.3. The zero-order valence-corrected chi connectivity index (χ0v) is 20.3. The number of aliphatic carboxylic acids is 1. The average molecular weight is 480 g/mol. The van der Waals surface area contributed by atoms with Crippen LogP contribution < -0.4 is 0 Å². The molecular formula is C26H29N3O4S. The van der Waals surface area contributed by atoms with Crippen molar-refractivity contribution in [3.8, 4) is 0 Å². The van der Waals surface area contributed by atoms with E-state index < -0.39 is 16.8 Å². The number of Topliss-reactive ketones (excluding diaryl/α,β-unsaturated/α-hetero) is 1. The number of aryl methyl sites for hydroxylation is 1. The number of carbonyl (C=O) groups excluding carboxylic acids is 1. The van der Waals surface area contributed by atoms with Crippen LogP contribution in [0.2, 0.25) is 0 Å². The Morgan fingerprint density at radius 2 is 1.94 bits per heavy atom. The van der Waals surface area contributed by atoms with Crippen molar-refractivity contribution in [2.45, 2.75) is 44.8 Å². The van der Waals surface area contributed by atoms with Gasteiger partial charge < -0.3 is 9.67 Å². The number of hydrogen-bond donors (Lipinski definition) is 1. The molecule has 0 saturated carbocycles. The van der Waals surface area contributed by atoms with Crippen molar-refractivity contribution < 1.29 is 18.9 Å². The third-order valence-corrected chi connectivity index (χ3v) is 7.20. The summed E-state index contributed by atoms with van der Waals surface area (Å²) in [7, 11) is 0.898. The molecule has 0 aliphatic carbocycles. The monoisotopic (exact) mass is 479 g/mol. The minimum atomic E-state index is -0.956. The van der Waals surface area contributed by atoms with Gasteiger partial charge in [0.2, 0.25) is 5.69 Å². The van der Waals surface area contributed by atoms with E-state index in [9.17, 15) is 13.8 Å². The summed E-state index contributed by atoms with van der Waals surface area (Å²) in [6.45, 7) is 9.05. The highest BCUT2D eigenvalue weighted by Gasteiger charge is 2.24. The molecule has 0 aliphatic rings. The van der Waals surface area contributed by atoms with Crippen LogP contribution in [0, 0.1) is 12.5 Å². The van der Waals surface area contributed by atoms with Gasteiger partial charge in [0.15, 0.2) is 5.78 Å². The first-order valence-corrected chi connectivity index (χ1v) is 12.8. The third kappa shape index (κ3) is 6.39. The maximum atomic E-state index is 13.3. The van der Waals surface area contributed by atoms with Crippen LogP contribution >= 0.6 is 0 Å². The molecule has 3 rings (SSSR count). The molecular weight excluding hydrogens is 450 g/mol. The Bertz CT molecular complexity index is 1240. The van der Waals surface area contributed by atoms with Crippen LogP contribution in [0.4, 0.5) is 5.69 Å². The lowest BCUT2D eigenvalue weighted by Crippen LogP contribution is -2.12. The zero-order valence-electron chi connectivity index (χ0n) is 19.5. The first-order valence-electron chi connectivity index (χ1n) is 11.3. The van der Waals surface area contributed by atoms with E-state index in [0.29, 0.717) is 40.2 Å². The van der Waals surface area contributed by atoms with Gasteiger partial charge in [-0.3, -0.25) is 13.8 Å². The molecule has 0 saturated heterocycles. The molecule has 2 aromatic heterocycles. The topological polar surface area (TPSA) is 93.6 Å². The van der Waals surface area contributed by atoms with E-state index in [1.165, 1.54) is 6.20 Å². The van der Waals surface area contributed by atoms with Crippen molar-refractivity contribution in [2.24, 2.45) is 13.0 Å². The van der Waals surface area contributed by atoms with Gasteiger partial charge in [-0.2, -0.15) is 0 Å². The molecule has 1 N–H and O–H groups in total. The predicted octanol–water partition coefficient (Wildman–Crippen LogP) is 5.08. The Labute approximate surface area is 202 Å². The van der Waals surface area contributed by atoms with Crippen molar-refractivity contribution >= 4 is 39.3 Å². The lowest BCUT2D eigenvalue weighted by Gasteiger charge is -2.10. The number of fused-ring (bicyclic) bond motifs is 1. The molecule has 34 heavy (non-hydrogen) atoms. The normalized spacial score (nSPS) is 12.9. The first kappa shape index (κ1) is 25.3. The van der Waals surface area contributed by atoms with E-state index >= 15 is 0 Å². The Morgan fingerprint density at radius 1 is 1.21 bits per heavy atom. The lowest BCUT2D eigenvalue weighted by atomic mass is 9.94. The van der Waals surface area contributed by atoms with Gasteiger partial charge in [-0.05, 0) is 36.8 Å². The van der Waals surface area contributed by atoms with Gasteiger partial charge in [0.25, 0.3) is 0 Å². The summed E-state index contributed by atoms with van der Waals surface area (Å²) in [6, 6.07) is 11.4. The van der Waals surface area contributed by atoms with Crippen molar-refractivity contribution in [1.29, 1.82) is 0 Å². The Balaban J connectivity index is 1.76. The predicted molar refractivity (Wildman–Crippen MR) is 133 cm³/mol. The number of unbranched alkanes of at least 4 members (excludes halogenated alkanes) is 1. The molecule has 1 aromatic carbocycles. The standard InChI is InChI=1S/C26H29N3O4S/c1-18(14-24(31)32)13-23(30)25-21-15-20(27-2)16-28-26(21)29(3)22(25)11-7-8-12-34(33)17-19-9-5-4-6-10-19/h4-6,9-10,15-16,18H,7-8,11-14,17H2,1,3H3,(H,31,32). The number of benzene rings is 1. The number of pyridine rings is 1. The average Bonchev–Trinajstić information content (AvgIpc) is 3.07. The molecule has 178 valence electrons. The van der Waals surface area contributed by atoms with E-state index in [0.717, 1.165) is 24.1 Å². The fraction of sp³-hybridized carbons (Fsp3) is 0.385. The van der Waals surface area contributed by atoms with Crippen LogP contribution in [0.3, 0.4) is 0 Å². The van der Waals surface area contributed by atoms with Gasteiger partial charge >= 0.3 is 5.97 Å². The second-order valence-corrected chi connectivity index (χ2v) is 10.2. The van der Waals surface area contributed by atoms with Crippen LogP contribution in [-0.4, -0.2) is 36.4 Å². The summed E-state index contributed by atoms with van der Waals surface area (Å²) >= 11 is 0. The highest BCUT2D eigenvalue weighted by molar-refractivity contribution is 7.84. The Morgan fingerprint density at radius 3 is 2.62 bits per heavy atom. The maximum Gasteiger partial charge on any atom is 0.303 e. The molecule has 0 aliphatic heterocycles. The number of carbonyl (C=O) groups is 2. The molecule has 2 unspecified atom stereocenters. The van der Waals surface area contributed by atoms with Gasteiger partial charge in [-0.25, -0.2) is 9.83 Å². The quantitative estimate of drug-likeness (QED) is 0.222. The minimum Gasteiger partial charge on any atom is -0.481 e. The fourth-order valence-corrected chi connectivity index (χ4v) is 5.43. The molecule has 2 heterocycles. The van der Waals surface area contributed by atoms with Crippen LogP contribution in [0.1, 0.15) is 54.2 Å². The van der Waals surface area contributed by atoms with E-state index in [-0.39, 0.29) is 24.5 Å². The molecule has 0 spiro atoms. The molecule has 0 amide bonds. The fourth-order valence-electron chi connectivity index (χ4n) is 4.19. The number of aromatic nitrogens is 2. The van der Waals surface area contributed by atoms with Crippen molar-refractivity contribution in [3.05, 3.63) is 70.8 Å². The van der Waals surface area contributed by atoms with Crippen LogP contribution in [0.5, 0.6) is 0 Å². The van der Waals surface area contributed by atoms with Crippen LogP contribution in [0.25, 0.3) is 15.9 Å². The molecule has 0 radical (unpaired) electrons. The van der Waals surface area contributed by atoms with Gasteiger partial charge in [-0.15, -0.1) is 0 Å². The van der Waals surface area contributed by atoms with Crippen LogP contribution in [0.15, 0.2) is 42.6 Å². The number of rotatable bonds is 12. The smallest absolute Gasteiger partial charge is 0.303 e. The number of nitrogens with zero attached hydrogens (tertiary/aromatic N) is 3. The zero-order chi connectivity index (χ0) is 24.7. The number of hydrogen-bond acceptors (Lipinski definition) is 4. The molecule has 8 heteroatoms. The van der Waals surface area contributed by atoms with Gasteiger partial charge in [-0.1, -0.05) is 37.3 Å². The summed E-state index contributed by atoms with van der Waals surface area (Å²) in [5, 5.41) is 9.69. The Hall–Kier alpha value is -3.31. The second kappa shape index (κ2) is 11.7. The minimum absolute atomic E-state index is 0.0787. The summed E-state index contributed by atoms with van der Waals surface area (Å²) in [4.78, 5) is 32.2. The number of carboxylic acids is 1. The summed E-state index contributed by atoms with van der Waals surface area (Å²) in [5.74, 6) is -0.253. The van der Waals surface area contributed by atoms with Crippen molar-refractivity contribution in [3.63, 3.8) is 0 Å². The van der Waals surface area contributed by atoms with Gasteiger partial charge in [0.1, 0.15) is 5.65 Å². The van der Waals surface area contributed by atoms with E-state index in [1.54, 1.807) is 13.0 Å². The molecule has 2 atom stereocenters.